The van der Waals surface area contributed by atoms with Crippen LogP contribution in [0.25, 0.3) is 0 Å². The Labute approximate surface area is 55.0 Å². The van der Waals surface area contributed by atoms with Gasteiger partial charge in [-0.1, -0.05) is 0 Å². The fraction of sp³-hybridized carbons (Fsp3) is 1.00. The Balaban J connectivity index is 2.09. The molecular formula is C6H13NO2. The molecule has 3 nitrogen and oxygen atoms in total. The van der Waals surface area contributed by atoms with Crippen LogP contribution in [0.2, 0.25) is 0 Å². The lowest BCUT2D eigenvalue weighted by Gasteiger charge is -2.36. The van der Waals surface area contributed by atoms with Crippen molar-refractivity contribution in [2.24, 2.45) is 0 Å². The third-order valence-electron chi connectivity index (χ3n) is 1.48. The first-order chi connectivity index (χ1) is 4.27. The van der Waals surface area contributed by atoms with Gasteiger partial charge in [-0.3, -0.25) is 0 Å². The summed E-state index contributed by atoms with van der Waals surface area (Å²) >= 11 is 0. The van der Waals surface area contributed by atoms with Crippen LogP contribution in [0.4, 0.5) is 0 Å². The molecule has 1 heterocycles. The van der Waals surface area contributed by atoms with Crippen LogP contribution in [0, 0.1) is 0 Å². The standard InChI is InChI=1S/C6H13NO2/c1-2-9-5-6(8)3-7-4-6/h7-8H,2-5H2,1H3. The maximum Gasteiger partial charge on any atom is 0.113 e. The van der Waals surface area contributed by atoms with E-state index in [1.165, 1.54) is 0 Å². The molecule has 54 valence electrons. The van der Waals surface area contributed by atoms with Crippen LogP contribution < -0.4 is 5.32 Å². The lowest BCUT2D eigenvalue weighted by Crippen LogP contribution is -2.62. The molecular weight excluding hydrogens is 118 g/mol. The highest BCUT2D eigenvalue weighted by atomic mass is 16.5. The zero-order chi connectivity index (χ0) is 6.74. The number of ether oxygens (including phenoxy) is 1. The van der Waals surface area contributed by atoms with Gasteiger partial charge in [0.1, 0.15) is 5.60 Å². The monoisotopic (exact) mass is 131 g/mol. The molecule has 1 aliphatic rings. The number of aliphatic hydroxyl groups is 1. The van der Waals surface area contributed by atoms with E-state index in [0.29, 0.717) is 26.3 Å². The van der Waals surface area contributed by atoms with E-state index in [-0.39, 0.29) is 0 Å². The Hall–Kier alpha value is -0.120. The second-order valence-electron chi connectivity index (χ2n) is 2.47. The zero-order valence-electron chi connectivity index (χ0n) is 5.68. The molecule has 3 heteroatoms. The number of rotatable bonds is 3. The van der Waals surface area contributed by atoms with Gasteiger partial charge in [-0.05, 0) is 6.92 Å². The highest BCUT2D eigenvalue weighted by Gasteiger charge is 2.33. The first-order valence-corrected chi connectivity index (χ1v) is 3.28. The van der Waals surface area contributed by atoms with Crippen LogP contribution in [-0.4, -0.2) is 37.0 Å². The van der Waals surface area contributed by atoms with Crippen molar-refractivity contribution in [3.8, 4) is 0 Å². The normalized spacial score (nSPS) is 23.3. The first-order valence-electron chi connectivity index (χ1n) is 3.28. The largest absolute Gasteiger partial charge is 0.385 e. The summed E-state index contributed by atoms with van der Waals surface area (Å²) in [5.74, 6) is 0. The molecule has 0 saturated carbocycles. The third-order valence-corrected chi connectivity index (χ3v) is 1.48. The van der Waals surface area contributed by atoms with E-state index in [1.54, 1.807) is 0 Å². The van der Waals surface area contributed by atoms with Gasteiger partial charge in [-0.25, -0.2) is 0 Å². The fourth-order valence-electron chi connectivity index (χ4n) is 0.808. The molecule has 0 spiro atoms. The fourth-order valence-corrected chi connectivity index (χ4v) is 0.808. The number of nitrogens with one attached hydrogen (secondary N) is 1. The summed E-state index contributed by atoms with van der Waals surface area (Å²) in [6.07, 6.45) is 0. The predicted molar refractivity (Wildman–Crippen MR) is 34.3 cm³/mol. The Morgan fingerprint density at radius 3 is 2.67 bits per heavy atom. The summed E-state index contributed by atoms with van der Waals surface area (Å²) in [7, 11) is 0. The SMILES string of the molecule is CCOCC1(O)CNC1. The van der Waals surface area contributed by atoms with Crippen molar-refractivity contribution in [2.45, 2.75) is 12.5 Å². The smallest absolute Gasteiger partial charge is 0.113 e. The Morgan fingerprint density at radius 2 is 2.33 bits per heavy atom. The molecule has 0 unspecified atom stereocenters. The van der Waals surface area contributed by atoms with E-state index >= 15 is 0 Å². The summed E-state index contributed by atoms with van der Waals surface area (Å²) in [5.41, 5.74) is -0.560. The average molecular weight is 131 g/mol. The highest BCUT2D eigenvalue weighted by molar-refractivity contribution is 4.92. The van der Waals surface area contributed by atoms with Crippen LogP contribution in [0.15, 0.2) is 0 Å². The van der Waals surface area contributed by atoms with Crippen molar-refractivity contribution in [3.63, 3.8) is 0 Å². The topological polar surface area (TPSA) is 41.5 Å². The van der Waals surface area contributed by atoms with E-state index in [1.807, 2.05) is 6.92 Å². The first kappa shape index (κ1) is 6.99. The molecule has 0 aromatic rings. The maximum atomic E-state index is 9.35. The summed E-state index contributed by atoms with van der Waals surface area (Å²) in [4.78, 5) is 0. The minimum absolute atomic E-state index is 0.469. The van der Waals surface area contributed by atoms with Crippen molar-refractivity contribution in [1.82, 2.24) is 5.32 Å². The molecule has 0 aromatic carbocycles. The summed E-state index contributed by atoms with van der Waals surface area (Å²) in [6, 6.07) is 0. The van der Waals surface area contributed by atoms with Crippen molar-refractivity contribution < 1.29 is 9.84 Å². The number of hydrogen-bond donors (Lipinski definition) is 2. The average Bonchev–Trinajstić information content (AvgIpc) is 1.79. The van der Waals surface area contributed by atoms with Crippen LogP contribution in [0.1, 0.15) is 6.92 Å². The quantitative estimate of drug-likeness (QED) is 0.535. The van der Waals surface area contributed by atoms with Gasteiger partial charge >= 0.3 is 0 Å². The lowest BCUT2D eigenvalue weighted by molar-refractivity contribution is -0.0756. The Morgan fingerprint density at radius 1 is 1.67 bits per heavy atom. The number of hydrogen-bond acceptors (Lipinski definition) is 3. The molecule has 1 aliphatic heterocycles. The maximum absolute atomic E-state index is 9.35. The van der Waals surface area contributed by atoms with Crippen molar-refractivity contribution in [3.05, 3.63) is 0 Å². The molecule has 1 rings (SSSR count). The van der Waals surface area contributed by atoms with E-state index in [4.69, 9.17) is 4.74 Å². The minimum atomic E-state index is -0.560. The summed E-state index contributed by atoms with van der Waals surface area (Å²) < 4.78 is 5.05. The van der Waals surface area contributed by atoms with Gasteiger partial charge in [0, 0.05) is 19.7 Å². The molecule has 0 radical (unpaired) electrons. The minimum Gasteiger partial charge on any atom is -0.385 e. The van der Waals surface area contributed by atoms with Gasteiger partial charge in [-0.15, -0.1) is 0 Å². The molecule has 1 fully saturated rings. The molecule has 9 heavy (non-hydrogen) atoms. The summed E-state index contributed by atoms with van der Waals surface area (Å²) in [6.45, 7) is 4.42. The van der Waals surface area contributed by atoms with Crippen molar-refractivity contribution in [2.75, 3.05) is 26.3 Å². The number of β-amino-alcohol motifs (C(OH)–C–C–N with tert-alkyl or cyclic N) is 1. The molecule has 0 atom stereocenters. The molecule has 0 amide bonds. The highest BCUT2D eigenvalue weighted by Crippen LogP contribution is 2.09. The van der Waals surface area contributed by atoms with Crippen LogP contribution in [0.3, 0.4) is 0 Å². The van der Waals surface area contributed by atoms with Crippen LogP contribution in [-0.2, 0) is 4.74 Å². The van der Waals surface area contributed by atoms with Gasteiger partial charge in [0.25, 0.3) is 0 Å². The van der Waals surface area contributed by atoms with Crippen molar-refractivity contribution >= 4 is 0 Å². The van der Waals surface area contributed by atoms with Gasteiger partial charge in [-0.2, -0.15) is 0 Å². The van der Waals surface area contributed by atoms with E-state index in [2.05, 4.69) is 5.32 Å². The molecule has 0 aliphatic carbocycles. The van der Waals surface area contributed by atoms with Gasteiger partial charge in [0.05, 0.1) is 6.61 Å². The predicted octanol–water partition coefficient (Wildman–Crippen LogP) is -0.643. The molecule has 0 bridgehead atoms. The zero-order valence-corrected chi connectivity index (χ0v) is 5.68. The second-order valence-corrected chi connectivity index (χ2v) is 2.47. The van der Waals surface area contributed by atoms with Gasteiger partial charge in [0.15, 0.2) is 0 Å². The van der Waals surface area contributed by atoms with Crippen LogP contribution in [0.5, 0.6) is 0 Å². The lowest BCUT2D eigenvalue weighted by atomic mass is 9.99. The van der Waals surface area contributed by atoms with Crippen molar-refractivity contribution in [1.29, 1.82) is 0 Å². The molecule has 2 N–H and O–H groups in total. The van der Waals surface area contributed by atoms with E-state index < -0.39 is 5.60 Å². The van der Waals surface area contributed by atoms with Crippen LogP contribution >= 0.6 is 0 Å². The third kappa shape index (κ3) is 1.64. The van der Waals surface area contributed by atoms with E-state index in [9.17, 15) is 5.11 Å². The summed E-state index contributed by atoms with van der Waals surface area (Å²) in [5, 5.41) is 12.3. The Kier molecular flexibility index (Phi) is 2.05. The molecule has 0 aromatic heterocycles. The van der Waals surface area contributed by atoms with Gasteiger partial charge in [0.2, 0.25) is 0 Å². The second kappa shape index (κ2) is 2.64. The van der Waals surface area contributed by atoms with E-state index in [0.717, 1.165) is 0 Å². The molecule has 1 saturated heterocycles. The van der Waals surface area contributed by atoms with Gasteiger partial charge < -0.3 is 15.2 Å². The Bertz CT molecular complexity index is 91.1.